The highest BCUT2D eigenvalue weighted by Crippen LogP contribution is 2.31. The number of aliphatic hydroxyl groups is 3. The molecule has 0 saturated carbocycles. The van der Waals surface area contributed by atoms with E-state index < -0.39 is 88.6 Å². The van der Waals surface area contributed by atoms with Gasteiger partial charge in [-0.25, -0.2) is 4.79 Å². The van der Waals surface area contributed by atoms with Gasteiger partial charge >= 0.3 is 5.97 Å². The molecule has 0 aromatic heterocycles. The summed E-state index contributed by atoms with van der Waals surface area (Å²) in [5.74, 6) is -9.86. The van der Waals surface area contributed by atoms with Gasteiger partial charge in [0.05, 0.1) is 31.0 Å². The fraction of sp³-hybridized carbons (Fsp3) is 0.778. The van der Waals surface area contributed by atoms with E-state index in [2.05, 4.69) is 16.0 Å². The molecule has 0 aliphatic heterocycles. The van der Waals surface area contributed by atoms with Gasteiger partial charge in [0.15, 0.2) is 34.3 Å². The van der Waals surface area contributed by atoms with Crippen LogP contribution in [-0.4, -0.2) is 111 Å². The SMILES string of the molecule is CCC(C)[C@H](NC)C(=O)C(O)(CC(=O)C(C)(O)C(=O)[C@H](C)NC)C(=O)C(O)(CC(=O)[C@@H](NC)[C@H](C)CC)C(=O)O. The fourth-order valence-corrected chi connectivity index (χ4v) is 4.50. The maximum atomic E-state index is 13.8. The van der Waals surface area contributed by atoms with E-state index in [1.54, 1.807) is 27.7 Å². The predicted octanol–water partition coefficient (Wildman–Crippen LogP) is -1.21. The normalized spacial score (nSPS) is 20.0. The maximum Gasteiger partial charge on any atom is 0.344 e. The van der Waals surface area contributed by atoms with E-state index in [-0.39, 0.29) is 5.92 Å². The highest BCUT2D eigenvalue weighted by Gasteiger charge is 2.61. The third-order valence-corrected chi connectivity index (χ3v) is 7.89. The van der Waals surface area contributed by atoms with Crippen molar-refractivity contribution in [2.45, 2.75) is 102 Å². The molecule has 230 valence electrons. The van der Waals surface area contributed by atoms with Gasteiger partial charge in [0.1, 0.15) is 0 Å². The number of hydrogen-bond donors (Lipinski definition) is 7. The maximum absolute atomic E-state index is 13.8. The van der Waals surface area contributed by atoms with Crippen LogP contribution < -0.4 is 16.0 Å². The Hall–Kier alpha value is -2.42. The standard InChI is InChI=1S/C27H47N3O10/c1-10-14(3)19(29-8)17(31)12-27(40,24(36)37)23(35)26(39,22(34)20(30-9)15(4)11-2)13-18(32)25(6,38)21(33)16(5)28-7/h14-16,19-20,28-30,38-40H,10-13H2,1-9H3,(H,36,37)/t14-,15?,16+,19+,20+,25?,26?,27?/m1/s1. The van der Waals surface area contributed by atoms with E-state index >= 15 is 0 Å². The second kappa shape index (κ2) is 15.0. The second-order valence-electron chi connectivity index (χ2n) is 10.7. The molecule has 8 atom stereocenters. The molecule has 0 aromatic rings. The van der Waals surface area contributed by atoms with Crippen molar-refractivity contribution in [2.75, 3.05) is 21.1 Å². The molecule has 0 aromatic carbocycles. The molecular formula is C27H47N3O10. The van der Waals surface area contributed by atoms with Crippen molar-refractivity contribution in [1.29, 1.82) is 0 Å². The van der Waals surface area contributed by atoms with Gasteiger partial charge < -0.3 is 36.4 Å². The Morgan fingerprint density at radius 1 is 0.700 bits per heavy atom. The molecule has 0 rings (SSSR count). The summed E-state index contributed by atoms with van der Waals surface area (Å²) in [6.45, 7) is 8.92. The first-order valence-corrected chi connectivity index (χ1v) is 13.4. The Labute approximate surface area is 235 Å². The lowest BCUT2D eigenvalue weighted by molar-refractivity contribution is -0.181. The molecule has 40 heavy (non-hydrogen) atoms. The Kier molecular flexibility index (Phi) is 14.1. The number of aliphatic carboxylic acids is 1. The number of Topliss-reactive ketones (excluding diaryl/α,β-unsaturated/α-hetero) is 5. The largest absolute Gasteiger partial charge is 0.479 e. The summed E-state index contributed by atoms with van der Waals surface area (Å²) in [6.07, 6.45) is -2.01. The summed E-state index contributed by atoms with van der Waals surface area (Å²) in [4.78, 5) is 78.7. The number of carboxylic acids is 1. The Morgan fingerprint density at radius 2 is 1.15 bits per heavy atom. The summed E-state index contributed by atoms with van der Waals surface area (Å²) in [6, 6.07) is -3.32. The van der Waals surface area contributed by atoms with Crippen LogP contribution in [0, 0.1) is 11.8 Å². The van der Waals surface area contributed by atoms with Crippen molar-refractivity contribution in [3.05, 3.63) is 0 Å². The molecule has 0 radical (unpaired) electrons. The van der Waals surface area contributed by atoms with E-state index in [4.69, 9.17) is 0 Å². The van der Waals surface area contributed by atoms with Gasteiger partial charge in [-0.1, -0.05) is 40.5 Å². The topological polar surface area (TPSA) is 219 Å². The van der Waals surface area contributed by atoms with Crippen molar-refractivity contribution in [3.63, 3.8) is 0 Å². The average Bonchev–Trinajstić information content (AvgIpc) is 2.91. The number of nitrogens with one attached hydrogen (secondary N) is 3. The lowest BCUT2D eigenvalue weighted by atomic mass is 9.71. The fourth-order valence-electron chi connectivity index (χ4n) is 4.50. The Morgan fingerprint density at radius 3 is 1.52 bits per heavy atom. The second-order valence-corrected chi connectivity index (χ2v) is 10.7. The van der Waals surface area contributed by atoms with E-state index in [9.17, 15) is 49.2 Å². The molecule has 7 N–H and O–H groups in total. The Balaban J connectivity index is 7.02. The van der Waals surface area contributed by atoms with E-state index in [1.807, 2.05) is 0 Å². The van der Waals surface area contributed by atoms with Crippen LogP contribution >= 0.6 is 0 Å². The van der Waals surface area contributed by atoms with Crippen LogP contribution in [0.5, 0.6) is 0 Å². The molecule has 0 heterocycles. The number of ketones is 5. The average molecular weight is 574 g/mol. The quantitative estimate of drug-likeness (QED) is 0.0851. The molecule has 0 aliphatic carbocycles. The van der Waals surface area contributed by atoms with E-state index in [0.717, 1.165) is 6.92 Å². The Bertz CT molecular complexity index is 968. The number of carbonyl (C=O) groups excluding carboxylic acids is 5. The number of carboxylic acid groups (broad SMARTS) is 1. The van der Waals surface area contributed by atoms with E-state index in [0.29, 0.717) is 12.8 Å². The third-order valence-electron chi connectivity index (χ3n) is 7.89. The van der Waals surface area contributed by atoms with E-state index in [1.165, 1.54) is 28.1 Å². The lowest BCUT2D eigenvalue weighted by Gasteiger charge is -2.37. The van der Waals surface area contributed by atoms with Gasteiger partial charge in [-0.05, 0) is 46.8 Å². The van der Waals surface area contributed by atoms with Crippen LogP contribution in [0.1, 0.15) is 67.2 Å². The zero-order valence-corrected chi connectivity index (χ0v) is 25.0. The molecule has 0 saturated heterocycles. The third kappa shape index (κ3) is 7.86. The molecular weight excluding hydrogens is 526 g/mol. The molecule has 0 aliphatic rings. The summed E-state index contributed by atoms with van der Waals surface area (Å²) >= 11 is 0. The monoisotopic (exact) mass is 573 g/mol. The van der Waals surface area contributed by atoms with Crippen LogP contribution in [-0.2, 0) is 28.8 Å². The summed E-state index contributed by atoms with van der Waals surface area (Å²) < 4.78 is 0. The van der Waals surface area contributed by atoms with Crippen molar-refractivity contribution >= 4 is 34.9 Å². The number of carbonyl (C=O) groups is 6. The van der Waals surface area contributed by atoms with Gasteiger partial charge in [-0.2, -0.15) is 0 Å². The molecule has 13 heteroatoms. The highest BCUT2D eigenvalue weighted by molar-refractivity contribution is 6.25. The molecule has 0 amide bonds. The van der Waals surface area contributed by atoms with Crippen LogP contribution in [0.3, 0.4) is 0 Å². The van der Waals surface area contributed by atoms with Crippen molar-refractivity contribution in [2.24, 2.45) is 11.8 Å². The van der Waals surface area contributed by atoms with Crippen molar-refractivity contribution in [1.82, 2.24) is 16.0 Å². The number of likely N-dealkylation sites (N-methyl/N-ethyl adjacent to an activating group) is 3. The minimum atomic E-state index is -3.62. The van der Waals surface area contributed by atoms with Crippen molar-refractivity contribution in [3.8, 4) is 0 Å². The molecule has 0 spiro atoms. The first kappa shape index (κ1) is 37.6. The zero-order chi connectivity index (χ0) is 31.8. The smallest absolute Gasteiger partial charge is 0.344 e. The summed E-state index contributed by atoms with van der Waals surface area (Å²) in [5, 5.41) is 51.3. The molecule has 0 fully saturated rings. The van der Waals surface area contributed by atoms with Crippen LogP contribution in [0.25, 0.3) is 0 Å². The van der Waals surface area contributed by atoms with Gasteiger partial charge in [-0.15, -0.1) is 0 Å². The van der Waals surface area contributed by atoms with Gasteiger partial charge in [-0.3, -0.25) is 24.0 Å². The van der Waals surface area contributed by atoms with Crippen LogP contribution in [0.15, 0.2) is 0 Å². The van der Waals surface area contributed by atoms with Crippen LogP contribution in [0.2, 0.25) is 0 Å². The minimum Gasteiger partial charge on any atom is -0.479 e. The van der Waals surface area contributed by atoms with Gasteiger partial charge in [0.25, 0.3) is 0 Å². The number of hydrogen-bond acceptors (Lipinski definition) is 12. The molecule has 13 nitrogen and oxygen atoms in total. The first-order valence-electron chi connectivity index (χ1n) is 13.4. The molecule has 4 unspecified atom stereocenters. The number of rotatable bonds is 20. The van der Waals surface area contributed by atoms with Crippen molar-refractivity contribution < 1.29 is 49.2 Å². The summed E-state index contributed by atoms with van der Waals surface area (Å²) in [5.41, 5.74) is -9.94. The summed E-state index contributed by atoms with van der Waals surface area (Å²) in [7, 11) is 4.16. The molecule has 0 bridgehead atoms. The first-order chi connectivity index (χ1) is 18.3. The van der Waals surface area contributed by atoms with Crippen LogP contribution in [0.4, 0.5) is 0 Å². The minimum absolute atomic E-state index is 0.331. The highest BCUT2D eigenvalue weighted by atomic mass is 16.4. The lowest BCUT2D eigenvalue weighted by Crippen LogP contribution is -2.67. The van der Waals surface area contributed by atoms with Gasteiger partial charge in [0.2, 0.25) is 11.4 Å². The van der Waals surface area contributed by atoms with Gasteiger partial charge in [0, 0.05) is 0 Å². The predicted molar refractivity (Wildman–Crippen MR) is 146 cm³/mol. The zero-order valence-electron chi connectivity index (χ0n) is 25.0.